The molecule has 0 aliphatic heterocycles. The van der Waals surface area contributed by atoms with Gasteiger partial charge in [0.15, 0.2) is 0 Å². The molecule has 0 fully saturated rings. The number of aliphatic hydroxyl groups is 1. The summed E-state index contributed by atoms with van der Waals surface area (Å²) >= 11 is 0. The van der Waals surface area contributed by atoms with Crippen LogP contribution in [0.5, 0.6) is 0 Å². The van der Waals surface area contributed by atoms with Crippen LogP contribution in [0.3, 0.4) is 0 Å². The zero-order valence-corrected chi connectivity index (χ0v) is 15.8. The van der Waals surface area contributed by atoms with Crippen LogP contribution in [-0.4, -0.2) is 25.8 Å². The highest BCUT2D eigenvalue weighted by molar-refractivity contribution is 5.88. The van der Waals surface area contributed by atoms with Gasteiger partial charge >= 0.3 is 0 Å². The molecule has 4 N–H and O–H groups in total. The van der Waals surface area contributed by atoms with Gasteiger partial charge in [-0.15, -0.1) is 0 Å². The predicted molar refractivity (Wildman–Crippen MR) is 112 cm³/mol. The van der Waals surface area contributed by atoms with E-state index >= 15 is 0 Å². The van der Waals surface area contributed by atoms with Gasteiger partial charge in [-0.2, -0.15) is 5.10 Å². The van der Waals surface area contributed by atoms with Crippen molar-refractivity contribution in [1.29, 1.82) is 0 Å². The van der Waals surface area contributed by atoms with E-state index < -0.39 is 5.91 Å². The number of fused-ring (bicyclic) bond motifs is 2. The summed E-state index contributed by atoms with van der Waals surface area (Å²) in [5.74, 6) is -1.11. The fourth-order valence-electron chi connectivity index (χ4n) is 3.68. The Morgan fingerprint density at radius 3 is 2.72 bits per heavy atom. The Labute approximate surface area is 166 Å². The molecule has 1 amide bonds. The van der Waals surface area contributed by atoms with Gasteiger partial charge in [0, 0.05) is 35.0 Å². The lowest BCUT2D eigenvalue weighted by Crippen LogP contribution is -2.26. The first kappa shape index (κ1) is 18.5. The van der Waals surface area contributed by atoms with Gasteiger partial charge in [0.2, 0.25) is 5.91 Å². The van der Waals surface area contributed by atoms with Gasteiger partial charge in [0.05, 0.1) is 11.1 Å². The van der Waals surface area contributed by atoms with Crippen molar-refractivity contribution < 1.29 is 9.90 Å². The third-order valence-electron chi connectivity index (χ3n) is 4.92. The van der Waals surface area contributed by atoms with Crippen molar-refractivity contribution in [1.82, 2.24) is 14.8 Å². The maximum Gasteiger partial charge on any atom is 0.275 e. The highest BCUT2D eigenvalue weighted by Gasteiger charge is 2.14. The molecule has 29 heavy (non-hydrogen) atoms. The number of amides is 1. The molecule has 0 bridgehead atoms. The smallest absolute Gasteiger partial charge is 0.275 e. The van der Waals surface area contributed by atoms with Crippen molar-refractivity contribution >= 4 is 27.6 Å². The lowest BCUT2D eigenvalue weighted by molar-refractivity contribution is -0.113. The normalized spacial score (nSPS) is 12.0. The molecule has 2 aromatic carbocycles. The van der Waals surface area contributed by atoms with Crippen molar-refractivity contribution in [2.75, 3.05) is 0 Å². The maximum absolute atomic E-state index is 12.8. The van der Waals surface area contributed by atoms with Crippen molar-refractivity contribution in [2.45, 2.75) is 19.9 Å². The Morgan fingerprint density at radius 1 is 1.21 bits per heavy atom. The molecule has 7 nitrogen and oxygen atoms in total. The summed E-state index contributed by atoms with van der Waals surface area (Å²) < 4.78 is 1.16. The number of aromatic nitrogens is 3. The van der Waals surface area contributed by atoms with E-state index in [4.69, 9.17) is 5.73 Å². The number of primary amides is 1. The third-order valence-corrected chi connectivity index (χ3v) is 4.92. The maximum atomic E-state index is 12.8. The first-order chi connectivity index (χ1) is 13.9. The Morgan fingerprint density at radius 2 is 1.97 bits per heavy atom. The number of aromatic amines is 1. The average molecular weight is 388 g/mol. The van der Waals surface area contributed by atoms with Crippen molar-refractivity contribution in [3.8, 4) is 0 Å². The number of H-pyrrole nitrogens is 1. The average Bonchev–Trinajstić information content (AvgIpc) is 3.09. The van der Waals surface area contributed by atoms with E-state index in [-0.39, 0.29) is 17.9 Å². The molecule has 0 saturated carbocycles. The number of benzene rings is 2. The lowest BCUT2D eigenvalue weighted by Gasteiger charge is -2.11. The van der Waals surface area contributed by atoms with Gasteiger partial charge in [-0.05, 0) is 30.2 Å². The van der Waals surface area contributed by atoms with Crippen LogP contribution in [0.1, 0.15) is 16.8 Å². The van der Waals surface area contributed by atoms with Crippen molar-refractivity contribution in [3.05, 3.63) is 87.7 Å². The monoisotopic (exact) mass is 388 g/mol. The summed E-state index contributed by atoms with van der Waals surface area (Å²) in [6, 6.07) is 13.3. The van der Waals surface area contributed by atoms with Gasteiger partial charge in [-0.3, -0.25) is 9.59 Å². The number of hydrogen-bond acceptors (Lipinski definition) is 4. The van der Waals surface area contributed by atoms with E-state index in [0.717, 1.165) is 38.2 Å². The Bertz CT molecular complexity index is 1330. The molecule has 0 saturated heterocycles. The second-order valence-electron chi connectivity index (χ2n) is 6.98. The number of carbonyl (C=O) groups is 1. The van der Waals surface area contributed by atoms with E-state index in [1.165, 1.54) is 0 Å². The summed E-state index contributed by atoms with van der Waals surface area (Å²) in [7, 11) is 0. The topological polar surface area (TPSA) is 114 Å². The fourth-order valence-corrected chi connectivity index (χ4v) is 3.68. The number of allylic oxidation sites excluding steroid dienone is 1. The van der Waals surface area contributed by atoms with E-state index in [9.17, 15) is 14.7 Å². The summed E-state index contributed by atoms with van der Waals surface area (Å²) in [5.41, 5.74) is 8.70. The highest BCUT2D eigenvalue weighted by Crippen LogP contribution is 2.25. The number of nitrogens with one attached hydrogen (secondary N) is 1. The molecule has 0 unspecified atom stereocenters. The molecule has 4 rings (SSSR count). The van der Waals surface area contributed by atoms with Gasteiger partial charge in [0.1, 0.15) is 12.3 Å². The number of carbonyl (C=O) groups excluding carboxylic acids is 1. The number of hydrogen-bond donors (Lipinski definition) is 3. The minimum atomic E-state index is -0.786. The van der Waals surface area contributed by atoms with Crippen molar-refractivity contribution in [3.63, 3.8) is 0 Å². The van der Waals surface area contributed by atoms with Gasteiger partial charge < -0.3 is 15.8 Å². The zero-order valence-electron chi connectivity index (χ0n) is 15.8. The largest absolute Gasteiger partial charge is 0.510 e. The molecule has 0 aliphatic carbocycles. The number of aliphatic hydroxyl groups excluding tert-OH is 1. The van der Waals surface area contributed by atoms with Crippen LogP contribution in [0.4, 0.5) is 0 Å². The standard InChI is InChI=1S/C22H20N4O3/c1-13-5-4-8-18-21(13)14(11-24-18)9-19-16-6-2-3-7-17(16)22(29)26(25-19)12-15(27)10-20(23)28/h2-8,10-11,24,27H,9,12H2,1H3,(H2,23,28)/b15-10-. The molecule has 7 heteroatoms. The Kier molecular flexibility index (Phi) is 4.64. The minimum absolute atomic E-state index is 0.230. The van der Waals surface area contributed by atoms with Crippen LogP contribution < -0.4 is 11.3 Å². The molecule has 0 atom stereocenters. The first-order valence-corrected chi connectivity index (χ1v) is 9.17. The molecule has 2 heterocycles. The minimum Gasteiger partial charge on any atom is -0.510 e. The number of nitrogens with zero attached hydrogens (tertiary/aromatic N) is 2. The fraction of sp³-hybridized carbons (Fsp3) is 0.136. The highest BCUT2D eigenvalue weighted by atomic mass is 16.3. The van der Waals surface area contributed by atoms with E-state index in [0.29, 0.717) is 17.5 Å². The third kappa shape index (κ3) is 3.50. The lowest BCUT2D eigenvalue weighted by atomic mass is 10.0. The second-order valence-corrected chi connectivity index (χ2v) is 6.98. The van der Waals surface area contributed by atoms with Crippen LogP contribution in [-0.2, 0) is 17.8 Å². The van der Waals surface area contributed by atoms with E-state index in [1.807, 2.05) is 30.5 Å². The van der Waals surface area contributed by atoms with Crippen LogP contribution in [0.2, 0.25) is 0 Å². The quantitative estimate of drug-likeness (QED) is 0.360. The van der Waals surface area contributed by atoms with E-state index in [2.05, 4.69) is 23.1 Å². The number of nitrogens with two attached hydrogens (primary N) is 1. The summed E-state index contributed by atoms with van der Waals surface area (Å²) in [5, 5.41) is 16.8. The molecule has 146 valence electrons. The summed E-state index contributed by atoms with van der Waals surface area (Å²) in [6.07, 6.45) is 3.34. The summed E-state index contributed by atoms with van der Waals surface area (Å²) in [6.45, 7) is 1.82. The second kappa shape index (κ2) is 7.27. The zero-order chi connectivity index (χ0) is 20.5. The number of aryl methyl sites for hydroxylation is 1. The Hall–Kier alpha value is -3.87. The molecular weight excluding hydrogens is 368 g/mol. The van der Waals surface area contributed by atoms with Crippen LogP contribution in [0.15, 0.2) is 65.3 Å². The molecule has 0 spiro atoms. The molecule has 0 radical (unpaired) electrons. The van der Waals surface area contributed by atoms with Gasteiger partial charge in [0.25, 0.3) is 5.56 Å². The number of rotatable bonds is 5. The predicted octanol–water partition coefficient (Wildman–Crippen LogP) is 2.70. The molecule has 2 aromatic heterocycles. The van der Waals surface area contributed by atoms with E-state index in [1.54, 1.807) is 12.1 Å². The summed E-state index contributed by atoms with van der Waals surface area (Å²) in [4.78, 5) is 27.1. The van der Waals surface area contributed by atoms with Crippen LogP contribution in [0, 0.1) is 6.92 Å². The SMILES string of the molecule is Cc1cccc2[nH]cc(Cc3nn(C/C(O)=C/C(N)=O)c(=O)c4ccccc34)c12. The molecule has 4 aromatic rings. The van der Waals surface area contributed by atoms with Crippen LogP contribution >= 0.6 is 0 Å². The Balaban J connectivity index is 1.86. The van der Waals surface area contributed by atoms with Crippen LogP contribution in [0.25, 0.3) is 21.7 Å². The van der Waals surface area contributed by atoms with Crippen molar-refractivity contribution in [2.24, 2.45) is 5.73 Å². The first-order valence-electron chi connectivity index (χ1n) is 9.17. The molecule has 0 aliphatic rings. The molecular formula is C22H20N4O3. The van der Waals surface area contributed by atoms with Gasteiger partial charge in [-0.1, -0.05) is 30.3 Å². The van der Waals surface area contributed by atoms with Gasteiger partial charge in [-0.25, -0.2) is 4.68 Å².